The van der Waals surface area contributed by atoms with E-state index in [1.807, 2.05) is 0 Å². The van der Waals surface area contributed by atoms with Gasteiger partial charge in [0, 0.05) is 11.8 Å². The Balaban J connectivity index is 2.06. The molecule has 3 rings (SSSR count). The van der Waals surface area contributed by atoms with E-state index in [-0.39, 0.29) is 22.8 Å². The third-order valence-corrected chi connectivity index (χ3v) is 4.88. The van der Waals surface area contributed by atoms with E-state index in [2.05, 4.69) is 0 Å². The lowest BCUT2D eigenvalue weighted by atomic mass is 10.1. The quantitative estimate of drug-likeness (QED) is 0.789. The fourth-order valence-electron chi connectivity index (χ4n) is 2.65. The van der Waals surface area contributed by atoms with E-state index in [1.165, 1.54) is 31.4 Å². The zero-order valence-corrected chi connectivity index (χ0v) is 14.8. The number of nitrogens with zero attached hydrogens (tertiary/aromatic N) is 1. The molecule has 0 aliphatic carbocycles. The molecule has 1 aliphatic heterocycles. The highest BCUT2D eigenvalue weighted by molar-refractivity contribution is 8.04. The summed E-state index contributed by atoms with van der Waals surface area (Å²) >= 11 is 1.10. The third kappa shape index (κ3) is 3.36. The zero-order valence-electron chi connectivity index (χ0n) is 13.9. The van der Waals surface area contributed by atoms with Gasteiger partial charge in [-0.1, -0.05) is 18.2 Å². The molecule has 0 atom stereocenters. The van der Waals surface area contributed by atoms with Gasteiger partial charge in [-0.05, 0) is 29.8 Å². The van der Waals surface area contributed by atoms with Crippen LogP contribution in [0.15, 0.2) is 53.4 Å². The van der Waals surface area contributed by atoms with E-state index in [0.717, 1.165) is 16.7 Å². The van der Waals surface area contributed by atoms with Crippen LogP contribution < -0.4 is 9.64 Å². The average molecular weight is 373 g/mol. The molecule has 0 bridgehead atoms. The van der Waals surface area contributed by atoms with Gasteiger partial charge in [0.2, 0.25) is 0 Å². The van der Waals surface area contributed by atoms with Crippen molar-refractivity contribution in [2.45, 2.75) is 0 Å². The Kier molecular flexibility index (Phi) is 5.39. The van der Waals surface area contributed by atoms with Gasteiger partial charge >= 0.3 is 0 Å². The molecule has 26 heavy (non-hydrogen) atoms. The fraction of sp³-hybridized carbons (Fsp3) is 0.158. The summed E-state index contributed by atoms with van der Waals surface area (Å²) in [6.07, 6.45) is 0. The number of aliphatic hydroxyl groups is 1. The number of ether oxygens (including phenoxy) is 1. The van der Waals surface area contributed by atoms with Gasteiger partial charge in [-0.2, -0.15) is 0 Å². The summed E-state index contributed by atoms with van der Waals surface area (Å²) < 4.78 is 18.4. The van der Waals surface area contributed by atoms with Crippen LogP contribution in [0.4, 0.5) is 10.1 Å². The summed E-state index contributed by atoms with van der Waals surface area (Å²) in [6, 6.07) is 12.0. The Bertz CT molecular complexity index is 879. The van der Waals surface area contributed by atoms with Crippen LogP contribution in [0.5, 0.6) is 5.75 Å². The lowest BCUT2D eigenvalue weighted by molar-refractivity contribution is -0.119. The van der Waals surface area contributed by atoms with Gasteiger partial charge in [-0.15, -0.1) is 11.8 Å². The van der Waals surface area contributed by atoms with Crippen molar-refractivity contribution in [2.75, 3.05) is 24.4 Å². The summed E-state index contributed by atoms with van der Waals surface area (Å²) in [5.41, 5.74) is 1.05. The first-order valence-corrected chi connectivity index (χ1v) is 8.82. The van der Waals surface area contributed by atoms with Gasteiger partial charge in [0.15, 0.2) is 0 Å². The molecule has 0 unspecified atom stereocenters. The molecule has 0 fully saturated rings. The van der Waals surface area contributed by atoms with Crippen molar-refractivity contribution in [3.8, 4) is 5.75 Å². The number of methoxy groups -OCH3 is 1. The lowest BCUT2D eigenvalue weighted by Gasteiger charge is -2.16. The molecule has 2 aromatic rings. The molecular weight excluding hydrogens is 357 g/mol. The number of carbonyl (C=O) groups excluding carboxylic acids is 2. The predicted molar refractivity (Wildman–Crippen MR) is 98.4 cm³/mol. The summed E-state index contributed by atoms with van der Waals surface area (Å²) in [6.45, 7) is -0.133. The lowest BCUT2D eigenvalue weighted by Crippen LogP contribution is -2.31. The highest BCUT2D eigenvalue weighted by Crippen LogP contribution is 2.38. The molecule has 0 spiro atoms. The number of imide groups is 1. The molecule has 2 aromatic carbocycles. The molecule has 1 heterocycles. The van der Waals surface area contributed by atoms with Crippen molar-refractivity contribution < 1.29 is 23.8 Å². The van der Waals surface area contributed by atoms with E-state index in [1.54, 1.807) is 24.3 Å². The molecule has 0 saturated carbocycles. The first-order valence-electron chi connectivity index (χ1n) is 7.83. The van der Waals surface area contributed by atoms with E-state index in [9.17, 15) is 14.0 Å². The van der Waals surface area contributed by atoms with Crippen LogP contribution in [-0.2, 0) is 9.59 Å². The Morgan fingerprint density at radius 1 is 1.12 bits per heavy atom. The van der Waals surface area contributed by atoms with Gasteiger partial charge in [0.05, 0.1) is 29.9 Å². The van der Waals surface area contributed by atoms with Crippen LogP contribution in [0.2, 0.25) is 0 Å². The second-order valence-electron chi connectivity index (χ2n) is 5.43. The molecule has 0 aromatic heterocycles. The van der Waals surface area contributed by atoms with E-state index in [4.69, 9.17) is 9.84 Å². The van der Waals surface area contributed by atoms with Gasteiger partial charge in [0.25, 0.3) is 11.8 Å². The van der Waals surface area contributed by atoms with Gasteiger partial charge in [0.1, 0.15) is 11.6 Å². The Morgan fingerprint density at radius 3 is 2.50 bits per heavy atom. The van der Waals surface area contributed by atoms with Crippen LogP contribution in [0, 0.1) is 5.82 Å². The topological polar surface area (TPSA) is 66.8 Å². The summed E-state index contributed by atoms with van der Waals surface area (Å²) in [4.78, 5) is 27.2. The number of halogens is 1. The first kappa shape index (κ1) is 18.2. The minimum atomic E-state index is -0.490. The number of hydrogen-bond acceptors (Lipinski definition) is 5. The molecule has 134 valence electrons. The maximum Gasteiger partial charge on any atom is 0.272 e. The van der Waals surface area contributed by atoms with Gasteiger partial charge in [-0.25, -0.2) is 9.29 Å². The van der Waals surface area contributed by atoms with Gasteiger partial charge in [-0.3, -0.25) is 9.59 Å². The Morgan fingerprint density at radius 2 is 1.85 bits per heavy atom. The molecule has 2 amide bonds. The van der Waals surface area contributed by atoms with Crippen molar-refractivity contribution in [3.63, 3.8) is 0 Å². The number of aliphatic hydroxyl groups excluding tert-OH is 1. The van der Waals surface area contributed by atoms with Crippen molar-refractivity contribution in [1.82, 2.24) is 0 Å². The zero-order chi connectivity index (χ0) is 18.7. The Hall–Kier alpha value is -2.64. The third-order valence-electron chi connectivity index (χ3n) is 3.82. The summed E-state index contributed by atoms with van der Waals surface area (Å²) in [5, 5.41) is 9.10. The number of carbonyl (C=O) groups is 2. The highest BCUT2D eigenvalue weighted by atomic mass is 32.2. The van der Waals surface area contributed by atoms with Crippen LogP contribution in [0.25, 0.3) is 5.57 Å². The number of benzene rings is 2. The first-order chi connectivity index (χ1) is 12.6. The normalized spacial score (nSPS) is 14.3. The van der Waals surface area contributed by atoms with E-state index < -0.39 is 17.6 Å². The molecule has 0 radical (unpaired) electrons. The number of rotatable bonds is 6. The predicted octanol–water partition coefficient (Wildman–Crippen LogP) is 2.84. The molecule has 1 N–H and O–H groups in total. The van der Waals surface area contributed by atoms with E-state index >= 15 is 0 Å². The fourth-order valence-corrected chi connectivity index (χ4v) is 3.51. The average Bonchev–Trinajstić information content (AvgIpc) is 2.90. The van der Waals surface area contributed by atoms with Crippen LogP contribution in [-0.4, -0.2) is 36.4 Å². The van der Waals surface area contributed by atoms with Crippen molar-refractivity contribution in [3.05, 3.63) is 64.8 Å². The summed E-state index contributed by atoms with van der Waals surface area (Å²) in [5.74, 6) is -0.607. The van der Waals surface area contributed by atoms with Crippen molar-refractivity contribution in [2.24, 2.45) is 0 Å². The van der Waals surface area contributed by atoms with E-state index in [0.29, 0.717) is 17.0 Å². The molecule has 5 nitrogen and oxygen atoms in total. The van der Waals surface area contributed by atoms with Crippen molar-refractivity contribution >= 4 is 34.8 Å². The molecular formula is C19H16FNO4S. The maximum atomic E-state index is 13.2. The van der Waals surface area contributed by atoms with Crippen molar-refractivity contribution in [1.29, 1.82) is 0 Å². The molecule has 1 aliphatic rings. The number of anilines is 1. The van der Waals surface area contributed by atoms with Gasteiger partial charge < -0.3 is 9.84 Å². The molecule has 7 heteroatoms. The second kappa shape index (κ2) is 7.72. The largest absolute Gasteiger partial charge is 0.497 e. The second-order valence-corrected chi connectivity index (χ2v) is 6.54. The minimum absolute atomic E-state index is 0.133. The van der Waals surface area contributed by atoms with Crippen LogP contribution in [0.1, 0.15) is 5.56 Å². The minimum Gasteiger partial charge on any atom is -0.497 e. The smallest absolute Gasteiger partial charge is 0.272 e. The highest BCUT2D eigenvalue weighted by Gasteiger charge is 2.40. The SMILES string of the molecule is COc1cccc(N2C(=O)C(SCCO)=C(c3ccc(F)cc3)C2=O)c1. The maximum absolute atomic E-state index is 13.2. The Labute approximate surface area is 154 Å². The standard InChI is InChI=1S/C19H16FNO4S/c1-25-15-4-2-3-14(11-15)21-18(23)16(12-5-7-13(20)8-6-12)17(19(21)24)26-10-9-22/h2-8,11,22H,9-10H2,1H3. The number of thioether (sulfide) groups is 1. The molecule has 0 saturated heterocycles. The summed E-state index contributed by atoms with van der Waals surface area (Å²) in [7, 11) is 1.50. The number of hydrogen-bond donors (Lipinski definition) is 1. The van der Waals surface area contributed by atoms with Crippen LogP contribution in [0.3, 0.4) is 0 Å². The number of amides is 2. The monoisotopic (exact) mass is 373 g/mol. The van der Waals surface area contributed by atoms with Crippen LogP contribution >= 0.6 is 11.8 Å².